The molecule has 12 nitrogen and oxygen atoms in total. The molecule has 0 amide bonds. The molecule has 0 atom stereocenters. The van der Waals surface area contributed by atoms with Gasteiger partial charge in [-0.1, -0.05) is 9.89 Å². The summed E-state index contributed by atoms with van der Waals surface area (Å²) in [6.07, 6.45) is 1.51. The van der Waals surface area contributed by atoms with Crippen molar-refractivity contribution in [1.29, 1.82) is 0 Å². The van der Waals surface area contributed by atoms with Crippen molar-refractivity contribution < 1.29 is 19.0 Å². The quantitative estimate of drug-likeness (QED) is 0.466. The Morgan fingerprint density at radius 2 is 2.28 bits per heavy atom. The molecule has 2 aromatic heterocycles. The smallest absolute Gasteiger partial charge is 0.263 e. The molecule has 0 aliphatic carbocycles. The van der Waals surface area contributed by atoms with Gasteiger partial charge in [-0.3, -0.25) is 4.63 Å². The molecule has 0 spiro atoms. The van der Waals surface area contributed by atoms with Crippen molar-refractivity contribution >= 4 is 12.2 Å². The Morgan fingerprint density at radius 3 is 2.92 bits per heavy atom. The van der Waals surface area contributed by atoms with Gasteiger partial charge in [0, 0.05) is 12.1 Å². The molecule has 0 bridgehead atoms. The van der Waals surface area contributed by atoms with Crippen molar-refractivity contribution in [3.05, 3.63) is 40.4 Å². The van der Waals surface area contributed by atoms with Crippen molar-refractivity contribution in [1.82, 2.24) is 25.5 Å². The van der Waals surface area contributed by atoms with Gasteiger partial charge in [0.1, 0.15) is 0 Å². The zero-order chi connectivity index (χ0) is 17.8. The number of nitrogen functional groups attached to an aromatic ring is 1. The number of hydrogen-bond donors (Lipinski definition) is 1. The average molecular weight is 346 g/mol. The summed E-state index contributed by atoms with van der Waals surface area (Å²) in [6, 6.07) is 5.12. The molecular weight excluding hydrogens is 332 g/mol. The summed E-state index contributed by atoms with van der Waals surface area (Å²) < 4.78 is 15.4. The maximum Gasteiger partial charge on any atom is 0.263 e. The van der Waals surface area contributed by atoms with Gasteiger partial charge in [0.15, 0.2) is 18.1 Å². The minimum absolute atomic E-state index is 0.0101. The number of aromatic nitrogens is 6. The number of methoxy groups -OCH3 is 1. The number of anilines is 1. The van der Waals surface area contributed by atoms with Crippen molar-refractivity contribution in [3.8, 4) is 11.5 Å². The Bertz CT molecular complexity index is 884. The first kappa shape index (κ1) is 16.2. The first-order valence-corrected chi connectivity index (χ1v) is 7.02. The summed E-state index contributed by atoms with van der Waals surface area (Å²) in [6.45, 7) is 1.64. The topological polar surface area (TPSA) is 153 Å². The minimum atomic E-state index is -0.0101. The van der Waals surface area contributed by atoms with Crippen LogP contribution in [0.15, 0.2) is 27.9 Å². The van der Waals surface area contributed by atoms with Crippen LogP contribution in [-0.2, 0) is 6.61 Å². The number of tetrazole rings is 1. The second kappa shape index (κ2) is 6.82. The van der Waals surface area contributed by atoms with Gasteiger partial charge in [0.05, 0.1) is 13.3 Å². The van der Waals surface area contributed by atoms with E-state index in [1.165, 1.54) is 13.3 Å². The van der Waals surface area contributed by atoms with E-state index in [1.807, 2.05) is 0 Å². The third-order valence-corrected chi connectivity index (χ3v) is 3.24. The monoisotopic (exact) mass is 346 g/mol. The summed E-state index contributed by atoms with van der Waals surface area (Å²) in [5, 5.41) is 29.5. The highest BCUT2D eigenvalue weighted by molar-refractivity contribution is 5.80. The second-order valence-electron chi connectivity index (χ2n) is 4.83. The lowest BCUT2D eigenvalue weighted by Gasteiger charge is -2.10. The Labute approximate surface area is 141 Å². The van der Waals surface area contributed by atoms with E-state index in [2.05, 4.69) is 30.4 Å². The van der Waals surface area contributed by atoms with Crippen LogP contribution in [0, 0.1) is 12.1 Å². The standard InChI is InChI=1S/C13H14N8O4/c1-8-10(21(22)25-17-8)7-24-11-4-3-9(5-12(11)23-2)6-15-20-13(14)16-18-19-20/h3-6H,7H2,1-2H3,(H2,14,16,19). The third kappa shape index (κ3) is 3.46. The van der Waals surface area contributed by atoms with Gasteiger partial charge in [0.2, 0.25) is 11.4 Å². The summed E-state index contributed by atoms with van der Waals surface area (Å²) >= 11 is 0. The predicted octanol–water partition coefficient (Wildman–Crippen LogP) is -0.345. The van der Waals surface area contributed by atoms with Crippen LogP contribution in [0.5, 0.6) is 11.5 Å². The highest BCUT2D eigenvalue weighted by Crippen LogP contribution is 2.28. The van der Waals surface area contributed by atoms with Crippen LogP contribution in [-0.4, -0.2) is 38.8 Å². The van der Waals surface area contributed by atoms with Gasteiger partial charge in [-0.25, -0.2) is 0 Å². The molecule has 12 heteroatoms. The van der Waals surface area contributed by atoms with E-state index in [1.54, 1.807) is 25.1 Å². The van der Waals surface area contributed by atoms with Gasteiger partial charge < -0.3 is 20.4 Å². The zero-order valence-corrected chi connectivity index (χ0v) is 13.4. The Balaban J connectivity index is 1.75. The van der Waals surface area contributed by atoms with Crippen LogP contribution in [0.1, 0.15) is 17.0 Å². The molecule has 3 rings (SSSR count). The number of aryl methyl sites for hydroxylation is 1. The fourth-order valence-electron chi connectivity index (χ4n) is 1.91. The number of benzene rings is 1. The zero-order valence-electron chi connectivity index (χ0n) is 13.4. The Morgan fingerprint density at radius 1 is 1.44 bits per heavy atom. The predicted molar refractivity (Wildman–Crippen MR) is 82.7 cm³/mol. The fourth-order valence-corrected chi connectivity index (χ4v) is 1.91. The van der Waals surface area contributed by atoms with Crippen LogP contribution in [0.4, 0.5) is 5.95 Å². The van der Waals surface area contributed by atoms with Gasteiger partial charge in [-0.15, -0.1) is 0 Å². The minimum Gasteiger partial charge on any atom is -0.493 e. The lowest BCUT2D eigenvalue weighted by Crippen LogP contribution is -2.29. The lowest BCUT2D eigenvalue weighted by molar-refractivity contribution is -0.808. The molecule has 1 aromatic carbocycles. The summed E-state index contributed by atoms with van der Waals surface area (Å²) in [4.78, 5) is 1.39. The van der Waals surface area contributed by atoms with Gasteiger partial charge in [-0.2, -0.15) is 5.10 Å². The molecule has 0 aliphatic heterocycles. The molecule has 0 radical (unpaired) electrons. The summed E-state index contributed by atoms with van der Waals surface area (Å²) in [5.74, 6) is 0.973. The first-order valence-electron chi connectivity index (χ1n) is 7.02. The van der Waals surface area contributed by atoms with E-state index in [0.29, 0.717) is 27.7 Å². The van der Waals surface area contributed by atoms with E-state index in [4.69, 9.17) is 15.2 Å². The Hall–Kier alpha value is -3.70. The number of nitrogens with zero attached hydrogens (tertiary/aromatic N) is 7. The van der Waals surface area contributed by atoms with E-state index in [-0.39, 0.29) is 18.2 Å². The molecule has 2 N–H and O–H groups in total. The Kier molecular flexibility index (Phi) is 4.41. The normalized spacial score (nSPS) is 11.1. The van der Waals surface area contributed by atoms with Crippen LogP contribution in [0.25, 0.3) is 0 Å². The molecule has 0 fully saturated rings. The van der Waals surface area contributed by atoms with Gasteiger partial charge in [-0.05, 0) is 39.1 Å². The van der Waals surface area contributed by atoms with Crippen LogP contribution in [0.2, 0.25) is 0 Å². The van der Waals surface area contributed by atoms with Crippen LogP contribution in [0.3, 0.4) is 0 Å². The maximum atomic E-state index is 11.4. The highest BCUT2D eigenvalue weighted by Gasteiger charge is 2.16. The molecular formula is C13H14N8O4. The summed E-state index contributed by atoms with van der Waals surface area (Å²) in [5.41, 5.74) is 6.97. The number of rotatable bonds is 6. The molecule has 0 saturated heterocycles. The first-order chi connectivity index (χ1) is 12.1. The summed E-state index contributed by atoms with van der Waals surface area (Å²) in [7, 11) is 1.50. The second-order valence-corrected chi connectivity index (χ2v) is 4.83. The van der Waals surface area contributed by atoms with Crippen LogP contribution < -0.4 is 20.1 Å². The van der Waals surface area contributed by atoms with E-state index in [9.17, 15) is 5.21 Å². The molecule has 0 unspecified atom stereocenters. The molecule has 0 aliphatic rings. The van der Waals surface area contributed by atoms with Crippen molar-refractivity contribution in [2.45, 2.75) is 13.5 Å². The largest absolute Gasteiger partial charge is 0.493 e. The number of nitrogens with two attached hydrogens (primary N) is 1. The van der Waals surface area contributed by atoms with Crippen molar-refractivity contribution in [2.24, 2.45) is 5.10 Å². The van der Waals surface area contributed by atoms with Crippen molar-refractivity contribution in [3.63, 3.8) is 0 Å². The SMILES string of the molecule is COc1cc(C=Nn2nnnc2N)ccc1OCc1c(C)no[n+]1[O-]. The van der Waals surface area contributed by atoms with Gasteiger partial charge in [0.25, 0.3) is 5.95 Å². The van der Waals surface area contributed by atoms with E-state index >= 15 is 0 Å². The third-order valence-electron chi connectivity index (χ3n) is 3.24. The maximum absolute atomic E-state index is 11.4. The number of ether oxygens (including phenoxy) is 2. The van der Waals surface area contributed by atoms with Crippen LogP contribution >= 0.6 is 0 Å². The molecule has 0 saturated carbocycles. The molecule has 3 aromatic rings. The van der Waals surface area contributed by atoms with E-state index in [0.717, 1.165) is 4.79 Å². The molecule has 130 valence electrons. The lowest BCUT2D eigenvalue weighted by atomic mass is 10.2. The average Bonchev–Trinajstić information content (AvgIpc) is 3.17. The molecule has 2 heterocycles. The fraction of sp³-hybridized carbons (Fsp3) is 0.231. The van der Waals surface area contributed by atoms with E-state index < -0.39 is 0 Å². The number of hydrogen-bond acceptors (Lipinski definition) is 10. The molecule has 25 heavy (non-hydrogen) atoms. The van der Waals surface area contributed by atoms with Gasteiger partial charge >= 0.3 is 0 Å². The highest BCUT2D eigenvalue weighted by atomic mass is 16.8. The van der Waals surface area contributed by atoms with Crippen molar-refractivity contribution in [2.75, 3.05) is 12.8 Å².